The lowest BCUT2D eigenvalue weighted by atomic mass is 10.2. The normalized spacial score (nSPS) is 20.6. The Hall–Kier alpha value is -1.72. The number of aromatic amines is 1. The summed E-state index contributed by atoms with van der Waals surface area (Å²) in [5.74, 6) is 0.619. The minimum absolute atomic E-state index is 0.135. The van der Waals surface area contributed by atoms with Gasteiger partial charge in [-0.25, -0.2) is 9.37 Å². The van der Waals surface area contributed by atoms with Crippen molar-refractivity contribution in [2.45, 2.75) is 6.04 Å². The predicted octanol–water partition coefficient (Wildman–Crippen LogP) is 2.22. The molecule has 0 aliphatic carbocycles. The van der Waals surface area contributed by atoms with Gasteiger partial charge in [0.05, 0.1) is 31.1 Å². The van der Waals surface area contributed by atoms with E-state index in [1.54, 1.807) is 12.3 Å². The number of imidazole rings is 1. The third kappa shape index (κ3) is 2.52. The van der Waals surface area contributed by atoms with Crippen molar-refractivity contribution in [1.82, 2.24) is 14.9 Å². The van der Waals surface area contributed by atoms with Crippen molar-refractivity contribution in [3.63, 3.8) is 0 Å². The predicted molar refractivity (Wildman–Crippen MR) is 70.2 cm³/mol. The average Bonchev–Trinajstić information content (AvgIpc) is 2.89. The first-order valence-electron chi connectivity index (χ1n) is 6.33. The summed E-state index contributed by atoms with van der Waals surface area (Å²) < 4.78 is 18.7. The van der Waals surface area contributed by atoms with Crippen LogP contribution in [0.4, 0.5) is 4.39 Å². The van der Waals surface area contributed by atoms with Crippen LogP contribution in [0.5, 0.6) is 0 Å². The average molecular weight is 261 g/mol. The van der Waals surface area contributed by atoms with Gasteiger partial charge in [0.15, 0.2) is 0 Å². The maximum absolute atomic E-state index is 13.2. The molecule has 2 aromatic rings. The molecule has 0 amide bonds. The molecule has 0 radical (unpaired) electrons. The van der Waals surface area contributed by atoms with E-state index in [-0.39, 0.29) is 11.9 Å². The van der Waals surface area contributed by atoms with Gasteiger partial charge in [0, 0.05) is 12.1 Å². The zero-order chi connectivity index (χ0) is 13.2. The van der Waals surface area contributed by atoms with E-state index in [0.717, 1.165) is 30.2 Å². The lowest BCUT2D eigenvalue weighted by Crippen LogP contribution is -2.37. The first kappa shape index (κ1) is 12.3. The summed E-state index contributed by atoms with van der Waals surface area (Å²) in [6.07, 6.45) is 1.74. The molecule has 19 heavy (non-hydrogen) atoms. The SMILES string of the molecule is CN1CCOC[C@H]1c1ncc(-c2cccc(F)c2)[nH]1. The monoisotopic (exact) mass is 261 g/mol. The molecule has 0 spiro atoms. The molecule has 1 atom stereocenters. The Morgan fingerprint density at radius 3 is 3.16 bits per heavy atom. The summed E-state index contributed by atoms with van der Waals surface area (Å²) >= 11 is 0. The molecular weight excluding hydrogens is 245 g/mol. The maximum Gasteiger partial charge on any atom is 0.126 e. The van der Waals surface area contributed by atoms with Crippen molar-refractivity contribution in [1.29, 1.82) is 0 Å². The van der Waals surface area contributed by atoms with Crippen molar-refractivity contribution in [2.75, 3.05) is 26.8 Å². The number of ether oxygens (including phenoxy) is 1. The number of rotatable bonds is 2. The molecule has 1 fully saturated rings. The molecule has 1 N–H and O–H groups in total. The Kier molecular flexibility index (Phi) is 3.31. The minimum atomic E-state index is -0.244. The molecule has 1 aromatic heterocycles. The molecule has 1 aliphatic rings. The molecule has 1 saturated heterocycles. The summed E-state index contributed by atoms with van der Waals surface area (Å²) in [5, 5.41) is 0. The van der Waals surface area contributed by atoms with Crippen LogP contribution in [-0.2, 0) is 4.74 Å². The van der Waals surface area contributed by atoms with Crippen molar-refractivity contribution < 1.29 is 9.13 Å². The van der Waals surface area contributed by atoms with Gasteiger partial charge in [0.1, 0.15) is 11.6 Å². The number of hydrogen-bond acceptors (Lipinski definition) is 3. The molecule has 1 aromatic carbocycles. The fraction of sp³-hybridized carbons (Fsp3) is 0.357. The quantitative estimate of drug-likeness (QED) is 0.901. The zero-order valence-corrected chi connectivity index (χ0v) is 10.8. The van der Waals surface area contributed by atoms with Crippen LogP contribution in [0.25, 0.3) is 11.3 Å². The van der Waals surface area contributed by atoms with Crippen molar-refractivity contribution >= 4 is 0 Å². The number of H-pyrrole nitrogens is 1. The molecule has 2 heterocycles. The summed E-state index contributed by atoms with van der Waals surface area (Å²) in [5.41, 5.74) is 1.63. The van der Waals surface area contributed by atoms with Crippen LogP contribution in [0.15, 0.2) is 30.5 Å². The minimum Gasteiger partial charge on any atom is -0.378 e. The van der Waals surface area contributed by atoms with Gasteiger partial charge in [-0.05, 0) is 19.2 Å². The van der Waals surface area contributed by atoms with Crippen LogP contribution in [-0.4, -0.2) is 41.7 Å². The summed E-state index contributed by atoms with van der Waals surface area (Å²) in [4.78, 5) is 9.86. The van der Waals surface area contributed by atoms with Crippen molar-refractivity contribution in [3.8, 4) is 11.3 Å². The van der Waals surface area contributed by atoms with Gasteiger partial charge in [0.2, 0.25) is 0 Å². The van der Waals surface area contributed by atoms with E-state index in [1.807, 2.05) is 6.07 Å². The van der Waals surface area contributed by atoms with Crippen LogP contribution in [0.3, 0.4) is 0 Å². The largest absolute Gasteiger partial charge is 0.378 e. The van der Waals surface area contributed by atoms with E-state index in [9.17, 15) is 4.39 Å². The first-order chi connectivity index (χ1) is 9.24. The molecule has 1 aliphatic heterocycles. The Morgan fingerprint density at radius 2 is 2.37 bits per heavy atom. The highest BCUT2D eigenvalue weighted by atomic mass is 19.1. The fourth-order valence-corrected chi connectivity index (χ4v) is 2.28. The third-order valence-electron chi connectivity index (χ3n) is 3.44. The van der Waals surface area contributed by atoms with Crippen LogP contribution in [0.2, 0.25) is 0 Å². The summed E-state index contributed by atoms with van der Waals surface area (Å²) in [6.45, 7) is 2.28. The van der Waals surface area contributed by atoms with E-state index < -0.39 is 0 Å². The molecule has 0 bridgehead atoms. The van der Waals surface area contributed by atoms with Gasteiger partial charge in [0.25, 0.3) is 0 Å². The lowest BCUT2D eigenvalue weighted by Gasteiger charge is -2.30. The number of morpholine rings is 1. The van der Waals surface area contributed by atoms with E-state index in [0.29, 0.717) is 6.61 Å². The van der Waals surface area contributed by atoms with E-state index in [4.69, 9.17) is 4.74 Å². The summed E-state index contributed by atoms with van der Waals surface area (Å²) in [6, 6.07) is 6.63. The standard InChI is InChI=1S/C14H16FN3O/c1-18-5-6-19-9-13(18)14-16-8-12(17-14)10-3-2-4-11(15)7-10/h2-4,7-8,13H,5-6,9H2,1H3,(H,16,17)/t13-/m0/s1. The number of nitrogens with zero attached hydrogens (tertiary/aromatic N) is 2. The number of hydrogen-bond donors (Lipinski definition) is 1. The molecule has 4 nitrogen and oxygen atoms in total. The Balaban J connectivity index is 1.86. The second kappa shape index (κ2) is 5.11. The van der Waals surface area contributed by atoms with Gasteiger partial charge >= 0.3 is 0 Å². The summed E-state index contributed by atoms with van der Waals surface area (Å²) in [7, 11) is 2.05. The number of likely N-dealkylation sites (N-methyl/N-ethyl adjacent to an activating group) is 1. The molecular formula is C14H16FN3O. The van der Waals surface area contributed by atoms with E-state index >= 15 is 0 Å². The van der Waals surface area contributed by atoms with Gasteiger partial charge in [-0.1, -0.05) is 12.1 Å². The van der Waals surface area contributed by atoms with Gasteiger partial charge in [-0.15, -0.1) is 0 Å². The second-order valence-corrected chi connectivity index (χ2v) is 4.76. The van der Waals surface area contributed by atoms with Gasteiger partial charge in [-0.2, -0.15) is 0 Å². The van der Waals surface area contributed by atoms with E-state index in [1.165, 1.54) is 12.1 Å². The van der Waals surface area contributed by atoms with E-state index in [2.05, 4.69) is 21.9 Å². The highest BCUT2D eigenvalue weighted by Gasteiger charge is 2.23. The van der Waals surface area contributed by atoms with Crippen LogP contribution >= 0.6 is 0 Å². The Morgan fingerprint density at radius 1 is 1.47 bits per heavy atom. The van der Waals surface area contributed by atoms with Crippen molar-refractivity contribution in [2.24, 2.45) is 0 Å². The maximum atomic E-state index is 13.2. The van der Waals surface area contributed by atoms with Crippen molar-refractivity contribution in [3.05, 3.63) is 42.1 Å². The molecule has 0 unspecified atom stereocenters. The van der Waals surface area contributed by atoms with Gasteiger partial charge in [-0.3, -0.25) is 4.90 Å². The topological polar surface area (TPSA) is 41.1 Å². The first-order valence-corrected chi connectivity index (χ1v) is 6.33. The molecule has 3 rings (SSSR count). The van der Waals surface area contributed by atoms with Crippen LogP contribution < -0.4 is 0 Å². The fourth-order valence-electron chi connectivity index (χ4n) is 2.28. The third-order valence-corrected chi connectivity index (χ3v) is 3.44. The highest BCUT2D eigenvalue weighted by Crippen LogP contribution is 2.24. The lowest BCUT2D eigenvalue weighted by molar-refractivity contribution is 0.00215. The Bertz CT molecular complexity index is 569. The number of halogens is 1. The smallest absolute Gasteiger partial charge is 0.126 e. The van der Waals surface area contributed by atoms with Gasteiger partial charge < -0.3 is 9.72 Å². The Labute approximate surface area is 111 Å². The highest BCUT2D eigenvalue weighted by molar-refractivity contribution is 5.58. The molecule has 0 saturated carbocycles. The number of benzene rings is 1. The zero-order valence-electron chi connectivity index (χ0n) is 10.8. The number of nitrogens with one attached hydrogen (secondary N) is 1. The molecule has 100 valence electrons. The van der Waals surface area contributed by atoms with Crippen LogP contribution in [0.1, 0.15) is 11.9 Å². The van der Waals surface area contributed by atoms with Crippen LogP contribution in [0, 0.1) is 5.82 Å². The molecule has 5 heteroatoms. The number of aromatic nitrogens is 2. The second-order valence-electron chi connectivity index (χ2n) is 4.76.